The average molecular weight is 391 g/mol. The SMILES string of the molecule is O=C(O[C@H](C(=O)c1c[nH]c2ccccc12)c1ccccc1)c1ccc(Cl)nc1. The number of hydrogen-bond donors (Lipinski definition) is 1. The Bertz CT molecular complexity index is 1140. The number of rotatable bonds is 5. The molecule has 4 rings (SSSR count). The Morgan fingerprint density at radius 3 is 2.46 bits per heavy atom. The van der Waals surface area contributed by atoms with Crippen LogP contribution in [0, 0.1) is 0 Å². The number of esters is 1. The van der Waals surface area contributed by atoms with Gasteiger partial charge in [0.05, 0.1) is 5.56 Å². The first kappa shape index (κ1) is 17.9. The molecule has 0 saturated heterocycles. The Kier molecular flexibility index (Phi) is 4.91. The lowest BCUT2D eigenvalue weighted by atomic mass is 9.99. The van der Waals surface area contributed by atoms with Crippen molar-refractivity contribution in [1.29, 1.82) is 0 Å². The monoisotopic (exact) mass is 390 g/mol. The van der Waals surface area contributed by atoms with Gasteiger partial charge < -0.3 is 9.72 Å². The van der Waals surface area contributed by atoms with Crippen molar-refractivity contribution in [2.45, 2.75) is 6.10 Å². The fourth-order valence-electron chi connectivity index (χ4n) is 2.99. The maximum Gasteiger partial charge on any atom is 0.340 e. The van der Waals surface area contributed by atoms with Gasteiger partial charge in [-0.25, -0.2) is 9.78 Å². The highest BCUT2D eigenvalue weighted by Crippen LogP contribution is 2.28. The van der Waals surface area contributed by atoms with Gasteiger partial charge in [0, 0.05) is 34.4 Å². The van der Waals surface area contributed by atoms with E-state index in [0.29, 0.717) is 11.1 Å². The standard InChI is InChI=1S/C22H15ClN2O3/c23-19-11-10-15(12-25-19)22(27)28-21(14-6-2-1-3-7-14)20(26)17-13-24-18-9-5-4-8-16(17)18/h1-13,21,24H/t21-/m0/s1. The zero-order valence-corrected chi connectivity index (χ0v) is 15.4. The molecular weight excluding hydrogens is 376 g/mol. The largest absolute Gasteiger partial charge is 0.445 e. The number of nitrogens with zero attached hydrogens (tertiary/aromatic N) is 1. The van der Waals surface area contributed by atoms with Crippen molar-refractivity contribution in [3.8, 4) is 0 Å². The molecule has 0 radical (unpaired) electrons. The number of pyridine rings is 1. The van der Waals surface area contributed by atoms with Crippen LogP contribution in [0.5, 0.6) is 0 Å². The molecule has 0 aliphatic rings. The minimum absolute atomic E-state index is 0.219. The minimum Gasteiger partial charge on any atom is -0.445 e. The number of ketones is 1. The summed E-state index contributed by atoms with van der Waals surface area (Å²) in [5.74, 6) is -0.954. The van der Waals surface area contributed by atoms with Gasteiger partial charge in [-0.3, -0.25) is 4.79 Å². The number of aromatic amines is 1. The first-order chi connectivity index (χ1) is 13.6. The average Bonchev–Trinajstić information content (AvgIpc) is 3.17. The van der Waals surface area contributed by atoms with Gasteiger partial charge in [-0.2, -0.15) is 0 Å². The summed E-state index contributed by atoms with van der Waals surface area (Å²) >= 11 is 5.77. The first-order valence-electron chi connectivity index (χ1n) is 8.61. The lowest BCUT2D eigenvalue weighted by Crippen LogP contribution is -2.20. The second-order valence-electron chi connectivity index (χ2n) is 6.18. The number of halogens is 1. The van der Waals surface area contributed by atoms with Crippen LogP contribution in [-0.2, 0) is 4.74 Å². The number of hydrogen-bond acceptors (Lipinski definition) is 4. The molecule has 0 spiro atoms. The summed E-state index contributed by atoms with van der Waals surface area (Å²) in [5, 5.41) is 1.05. The number of carbonyl (C=O) groups excluding carboxylic acids is 2. The molecule has 0 aliphatic carbocycles. The van der Waals surface area contributed by atoms with Crippen molar-refractivity contribution in [3.63, 3.8) is 0 Å². The van der Waals surface area contributed by atoms with E-state index in [4.69, 9.17) is 16.3 Å². The molecule has 0 bridgehead atoms. The third-order valence-corrected chi connectivity index (χ3v) is 4.61. The number of aromatic nitrogens is 2. The number of benzene rings is 2. The van der Waals surface area contributed by atoms with E-state index < -0.39 is 12.1 Å². The molecule has 2 heterocycles. The molecule has 0 fully saturated rings. The first-order valence-corrected chi connectivity index (χ1v) is 8.99. The number of carbonyl (C=O) groups is 2. The summed E-state index contributed by atoms with van der Waals surface area (Å²) in [6, 6.07) is 19.4. The topological polar surface area (TPSA) is 72.1 Å². The van der Waals surface area contributed by atoms with E-state index in [2.05, 4.69) is 9.97 Å². The number of para-hydroxylation sites is 1. The van der Waals surface area contributed by atoms with Gasteiger partial charge >= 0.3 is 5.97 Å². The van der Waals surface area contributed by atoms with Gasteiger partial charge in [0.1, 0.15) is 5.15 Å². The van der Waals surface area contributed by atoms with Crippen LogP contribution < -0.4 is 0 Å². The number of ether oxygens (including phenoxy) is 1. The summed E-state index contributed by atoms with van der Waals surface area (Å²) in [7, 11) is 0. The number of Topliss-reactive ketones (excluding diaryl/α,β-unsaturated/α-hetero) is 1. The van der Waals surface area contributed by atoms with E-state index in [1.165, 1.54) is 18.3 Å². The fraction of sp³-hybridized carbons (Fsp3) is 0.0455. The molecule has 0 amide bonds. The molecule has 28 heavy (non-hydrogen) atoms. The second-order valence-corrected chi connectivity index (χ2v) is 6.57. The predicted molar refractivity (Wildman–Crippen MR) is 106 cm³/mol. The summed E-state index contributed by atoms with van der Waals surface area (Å²) < 4.78 is 5.61. The van der Waals surface area contributed by atoms with E-state index in [0.717, 1.165) is 10.9 Å². The van der Waals surface area contributed by atoms with Gasteiger partial charge in [0.2, 0.25) is 5.78 Å². The summed E-state index contributed by atoms with van der Waals surface area (Å²) in [4.78, 5) is 32.9. The number of H-pyrrole nitrogens is 1. The Labute approximate surface area is 165 Å². The lowest BCUT2D eigenvalue weighted by molar-refractivity contribution is 0.0280. The third kappa shape index (κ3) is 3.52. The molecule has 0 aliphatic heterocycles. The van der Waals surface area contributed by atoms with Crippen LogP contribution in [0.25, 0.3) is 10.9 Å². The third-order valence-electron chi connectivity index (χ3n) is 4.38. The van der Waals surface area contributed by atoms with E-state index in [9.17, 15) is 9.59 Å². The zero-order chi connectivity index (χ0) is 19.5. The zero-order valence-electron chi connectivity index (χ0n) is 14.6. The van der Waals surface area contributed by atoms with Crippen molar-refractivity contribution < 1.29 is 14.3 Å². The van der Waals surface area contributed by atoms with E-state index >= 15 is 0 Å². The van der Waals surface area contributed by atoms with Crippen LogP contribution in [0.1, 0.15) is 32.4 Å². The lowest BCUT2D eigenvalue weighted by Gasteiger charge is -2.17. The predicted octanol–water partition coefficient (Wildman–Crippen LogP) is 5.00. The minimum atomic E-state index is -1.08. The van der Waals surface area contributed by atoms with Crippen molar-refractivity contribution in [2.75, 3.05) is 0 Å². The maximum atomic E-state index is 13.3. The highest BCUT2D eigenvalue weighted by atomic mass is 35.5. The van der Waals surface area contributed by atoms with Crippen molar-refractivity contribution >= 4 is 34.3 Å². The van der Waals surface area contributed by atoms with Gasteiger partial charge in [-0.05, 0) is 18.2 Å². The molecule has 1 N–H and O–H groups in total. The molecule has 2 aromatic carbocycles. The second kappa shape index (κ2) is 7.66. The Hall–Kier alpha value is -3.44. The molecule has 138 valence electrons. The Morgan fingerprint density at radius 2 is 1.71 bits per heavy atom. The van der Waals surface area contributed by atoms with Crippen LogP contribution in [-0.4, -0.2) is 21.7 Å². The van der Waals surface area contributed by atoms with Crippen molar-refractivity contribution in [2.24, 2.45) is 0 Å². The summed E-state index contributed by atoms with van der Waals surface area (Å²) in [6.07, 6.45) is 1.88. The Morgan fingerprint density at radius 1 is 0.964 bits per heavy atom. The number of nitrogens with one attached hydrogen (secondary N) is 1. The molecule has 0 unspecified atom stereocenters. The van der Waals surface area contributed by atoms with Crippen LogP contribution in [0.2, 0.25) is 5.15 Å². The van der Waals surface area contributed by atoms with E-state index in [-0.39, 0.29) is 16.5 Å². The van der Waals surface area contributed by atoms with E-state index in [1.54, 1.807) is 30.5 Å². The smallest absolute Gasteiger partial charge is 0.340 e. The molecule has 6 heteroatoms. The highest BCUT2D eigenvalue weighted by molar-refractivity contribution is 6.29. The van der Waals surface area contributed by atoms with Gasteiger partial charge in [0.25, 0.3) is 0 Å². The summed E-state index contributed by atoms with van der Waals surface area (Å²) in [5.41, 5.74) is 2.11. The summed E-state index contributed by atoms with van der Waals surface area (Å²) in [6.45, 7) is 0. The Balaban J connectivity index is 1.70. The van der Waals surface area contributed by atoms with Gasteiger partial charge in [-0.1, -0.05) is 60.1 Å². The molecule has 0 saturated carbocycles. The van der Waals surface area contributed by atoms with Crippen molar-refractivity contribution in [3.05, 3.63) is 101 Å². The molecular formula is C22H15ClN2O3. The van der Waals surface area contributed by atoms with Crippen molar-refractivity contribution in [1.82, 2.24) is 9.97 Å². The van der Waals surface area contributed by atoms with Crippen LogP contribution in [0.3, 0.4) is 0 Å². The van der Waals surface area contributed by atoms with E-state index in [1.807, 2.05) is 30.3 Å². The molecule has 2 aromatic heterocycles. The molecule has 4 aromatic rings. The van der Waals surface area contributed by atoms with Gasteiger partial charge in [0.15, 0.2) is 6.10 Å². The van der Waals surface area contributed by atoms with Crippen LogP contribution >= 0.6 is 11.6 Å². The molecule has 1 atom stereocenters. The molecule has 5 nitrogen and oxygen atoms in total. The highest BCUT2D eigenvalue weighted by Gasteiger charge is 2.28. The van der Waals surface area contributed by atoms with Crippen LogP contribution in [0.15, 0.2) is 79.1 Å². The fourth-order valence-corrected chi connectivity index (χ4v) is 3.10. The maximum absolute atomic E-state index is 13.3. The van der Waals surface area contributed by atoms with Gasteiger partial charge in [-0.15, -0.1) is 0 Å². The number of fused-ring (bicyclic) bond motifs is 1. The quantitative estimate of drug-likeness (QED) is 0.296. The van der Waals surface area contributed by atoms with Crippen LogP contribution in [0.4, 0.5) is 0 Å². The normalized spacial score (nSPS) is 11.9.